The second kappa shape index (κ2) is 12.6. The highest BCUT2D eigenvalue weighted by Crippen LogP contribution is 2.21. The van der Waals surface area contributed by atoms with Crippen LogP contribution in [-0.2, 0) is 19.1 Å². The second-order valence-electron chi connectivity index (χ2n) is 8.09. The number of rotatable bonds is 13. The van der Waals surface area contributed by atoms with Gasteiger partial charge in [-0.15, -0.1) is 0 Å². The molecule has 168 valence electrons. The van der Waals surface area contributed by atoms with Crippen LogP contribution in [0.2, 0.25) is 0 Å². The molecule has 0 aliphatic carbocycles. The summed E-state index contributed by atoms with van der Waals surface area (Å²) in [5.41, 5.74) is 6.11. The second-order valence-corrected chi connectivity index (χ2v) is 8.09. The molecule has 3 amide bonds. The van der Waals surface area contributed by atoms with E-state index in [2.05, 4.69) is 17.2 Å². The molecule has 0 aromatic rings. The molecule has 0 heterocycles. The lowest BCUT2D eigenvalue weighted by atomic mass is 9.94. The molecule has 29 heavy (non-hydrogen) atoms. The molecule has 8 heteroatoms. The standard InChI is InChI=1S/C21H40N4O4/c1-10-14(6)19(15(29-9)11-16(22)26)25(8)21(28)18(13(4)5)24-20(27)17(23-7)12(2)3/h12-13,15,17-19,23H,6,10-11H2,1-5,7-9H3,(H2,22,26)(H,24,27)/t15-,17+,18+,19+/m1/s1. The Morgan fingerprint density at radius 2 is 1.62 bits per heavy atom. The summed E-state index contributed by atoms with van der Waals surface area (Å²) in [6.07, 6.45) is -0.0429. The first-order valence-corrected chi connectivity index (χ1v) is 10.2. The van der Waals surface area contributed by atoms with Crippen LogP contribution in [0.5, 0.6) is 0 Å². The van der Waals surface area contributed by atoms with E-state index in [0.29, 0.717) is 6.42 Å². The maximum absolute atomic E-state index is 13.3. The molecule has 0 rings (SSSR count). The van der Waals surface area contributed by atoms with Crippen molar-refractivity contribution in [2.45, 2.75) is 71.7 Å². The smallest absolute Gasteiger partial charge is 0.245 e. The SMILES string of the molecule is C=C(CC)[C@@H]([C@@H](CC(N)=O)OC)N(C)C(=O)[C@@H](NC(=O)[C@@H](NC)C(C)C)C(C)C. The van der Waals surface area contributed by atoms with E-state index >= 15 is 0 Å². The number of hydrogen-bond acceptors (Lipinski definition) is 5. The number of amides is 3. The number of nitrogens with two attached hydrogens (primary N) is 1. The lowest BCUT2D eigenvalue weighted by Gasteiger charge is -2.38. The van der Waals surface area contributed by atoms with Gasteiger partial charge in [0.05, 0.1) is 24.6 Å². The molecule has 0 aliphatic rings. The fourth-order valence-corrected chi connectivity index (χ4v) is 3.40. The molecule has 0 aliphatic heterocycles. The topological polar surface area (TPSA) is 114 Å². The molecule has 4 N–H and O–H groups in total. The molecule has 8 nitrogen and oxygen atoms in total. The van der Waals surface area contributed by atoms with Crippen LogP contribution >= 0.6 is 0 Å². The Hall–Kier alpha value is -1.93. The van der Waals surface area contributed by atoms with Crippen molar-refractivity contribution in [1.82, 2.24) is 15.5 Å². The molecule has 0 fully saturated rings. The minimum Gasteiger partial charge on any atom is -0.378 e. The minimum absolute atomic E-state index is 0.0360. The van der Waals surface area contributed by atoms with E-state index in [1.807, 2.05) is 34.6 Å². The van der Waals surface area contributed by atoms with E-state index in [1.165, 1.54) is 12.0 Å². The van der Waals surface area contributed by atoms with Crippen molar-refractivity contribution in [3.63, 3.8) is 0 Å². The molecule has 0 aromatic heterocycles. The van der Waals surface area contributed by atoms with Crippen molar-refractivity contribution in [3.05, 3.63) is 12.2 Å². The zero-order valence-electron chi connectivity index (χ0n) is 19.2. The Morgan fingerprint density at radius 1 is 1.10 bits per heavy atom. The van der Waals surface area contributed by atoms with Crippen LogP contribution in [-0.4, -0.2) is 68.1 Å². The number of ether oxygens (including phenoxy) is 1. The van der Waals surface area contributed by atoms with Gasteiger partial charge in [-0.05, 0) is 25.3 Å². The van der Waals surface area contributed by atoms with Crippen LogP contribution in [0.3, 0.4) is 0 Å². The normalized spacial score (nSPS) is 15.5. The van der Waals surface area contributed by atoms with Crippen LogP contribution in [0.15, 0.2) is 12.2 Å². The van der Waals surface area contributed by atoms with Crippen molar-refractivity contribution < 1.29 is 19.1 Å². The van der Waals surface area contributed by atoms with E-state index in [9.17, 15) is 14.4 Å². The van der Waals surface area contributed by atoms with Gasteiger partial charge >= 0.3 is 0 Å². The largest absolute Gasteiger partial charge is 0.378 e. The summed E-state index contributed by atoms with van der Waals surface area (Å²) in [5.74, 6) is -1.07. The Balaban J connectivity index is 5.75. The lowest BCUT2D eigenvalue weighted by Crippen LogP contribution is -2.58. The Labute approximate surface area is 175 Å². The summed E-state index contributed by atoms with van der Waals surface area (Å²) in [6.45, 7) is 13.6. The van der Waals surface area contributed by atoms with Crippen LogP contribution in [0.1, 0.15) is 47.5 Å². The molecular formula is C21H40N4O4. The zero-order chi connectivity index (χ0) is 22.9. The van der Waals surface area contributed by atoms with Gasteiger partial charge in [-0.1, -0.05) is 46.8 Å². The third-order valence-electron chi connectivity index (χ3n) is 5.19. The summed E-state index contributed by atoms with van der Waals surface area (Å²) in [7, 11) is 4.83. The van der Waals surface area contributed by atoms with Crippen molar-refractivity contribution in [3.8, 4) is 0 Å². The predicted octanol–water partition coefficient (Wildman–Crippen LogP) is 1.05. The van der Waals surface area contributed by atoms with Crippen LogP contribution in [0, 0.1) is 11.8 Å². The van der Waals surface area contributed by atoms with Crippen molar-refractivity contribution in [2.24, 2.45) is 17.6 Å². The minimum atomic E-state index is -0.722. The van der Waals surface area contributed by atoms with E-state index < -0.39 is 30.1 Å². The van der Waals surface area contributed by atoms with E-state index in [-0.39, 0.29) is 30.1 Å². The Bertz CT molecular complexity index is 577. The van der Waals surface area contributed by atoms with E-state index in [1.54, 1.807) is 14.1 Å². The fraction of sp³-hybridized carbons (Fsp3) is 0.762. The van der Waals surface area contributed by atoms with E-state index in [4.69, 9.17) is 10.5 Å². The van der Waals surface area contributed by atoms with E-state index in [0.717, 1.165) is 5.57 Å². The summed E-state index contributed by atoms with van der Waals surface area (Å²) >= 11 is 0. The average Bonchev–Trinajstić information content (AvgIpc) is 2.63. The first-order chi connectivity index (χ1) is 13.4. The van der Waals surface area contributed by atoms with Gasteiger partial charge in [-0.2, -0.15) is 0 Å². The number of hydrogen-bond donors (Lipinski definition) is 3. The summed E-state index contributed by atoms with van der Waals surface area (Å²) in [5, 5.41) is 5.87. The molecular weight excluding hydrogens is 372 g/mol. The fourth-order valence-electron chi connectivity index (χ4n) is 3.40. The Morgan fingerprint density at radius 3 is 1.97 bits per heavy atom. The number of likely N-dealkylation sites (N-methyl/N-ethyl adjacent to an activating group) is 2. The molecule has 0 unspecified atom stereocenters. The first kappa shape index (κ1) is 27.1. The highest BCUT2D eigenvalue weighted by molar-refractivity contribution is 5.90. The maximum Gasteiger partial charge on any atom is 0.245 e. The van der Waals surface area contributed by atoms with Crippen LogP contribution in [0.25, 0.3) is 0 Å². The number of primary amides is 1. The predicted molar refractivity (Wildman–Crippen MR) is 115 cm³/mol. The van der Waals surface area contributed by atoms with Gasteiger partial charge in [0.1, 0.15) is 6.04 Å². The number of carbonyl (C=O) groups excluding carboxylic acids is 3. The molecule has 0 radical (unpaired) electrons. The molecule has 4 atom stereocenters. The molecule has 0 bridgehead atoms. The van der Waals surface area contributed by atoms with Gasteiger partial charge < -0.3 is 26.0 Å². The maximum atomic E-state index is 13.3. The number of carbonyl (C=O) groups is 3. The third-order valence-corrected chi connectivity index (χ3v) is 5.19. The molecule has 0 saturated carbocycles. The summed E-state index contributed by atoms with van der Waals surface area (Å²) in [6, 6.07) is -1.66. The van der Waals surface area contributed by atoms with Crippen LogP contribution < -0.4 is 16.4 Å². The third kappa shape index (κ3) is 7.78. The van der Waals surface area contributed by atoms with Crippen molar-refractivity contribution >= 4 is 17.7 Å². The van der Waals surface area contributed by atoms with Gasteiger partial charge in [0.15, 0.2) is 0 Å². The molecule has 0 aromatic carbocycles. The zero-order valence-corrected chi connectivity index (χ0v) is 19.2. The average molecular weight is 413 g/mol. The van der Waals surface area contributed by atoms with Gasteiger partial charge in [-0.3, -0.25) is 14.4 Å². The van der Waals surface area contributed by atoms with Gasteiger partial charge in [0, 0.05) is 14.2 Å². The quantitative estimate of drug-likeness (QED) is 0.391. The van der Waals surface area contributed by atoms with Gasteiger partial charge in [0.25, 0.3) is 0 Å². The molecule has 0 spiro atoms. The molecule has 0 saturated heterocycles. The summed E-state index contributed by atoms with van der Waals surface area (Å²) < 4.78 is 5.47. The first-order valence-electron chi connectivity index (χ1n) is 10.2. The number of methoxy groups -OCH3 is 1. The van der Waals surface area contributed by atoms with Crippen molar-refractivity contribution in [1.29, 1.82) is 0 Å². The highest BCUT2D eigenvalue weighted by atomic mass is 16.5. The summed E-state index contributed by atoms with van der Waals surface area (Å²) in [4.78, 5) is 39.0. The Kier molecular flexibility index (Phi) is 11.8. The highest BCUT2D eigenvalue weighted by Gasteiger charge is 2.36. The number of nitrogens with one attached hydrogen (secondary N) is 2. The number of nitrogens with zero attached hydrogens (tertiary/aromatic N) is 1. The van der Waals surface area contributed by atoms with Crippen LogP contribution in [0.4, 0.5) is 0 Å². The van der Waals surface area contributed by atoms with Crippen molar-refractivity contribution in [2.75, 3.05) is 21.2 Å². The van der Waals surface area contributed by atoms with Gasteiger partial charge in [-0.25, -0.2) is 0 Å². The van der Waals surface area contributed by atoms with Gasteiger partial charge in [0.2, 0.25) is 17.7 Å². The lowest BCUT2D eigenvalue weighted by molar-refractivity contribution is -0.141. The monoisotopic (exact) mass is 412 g/mol.